The number of nitrogens with zero attached hydrogens (tertiary/aromatic N) is 3. The smallest absolute Gasteiger partial charge is 0.280 e. The van der Waals surface area contributed by atoms with Crippen LogP contribution in [0.15, 0.2) is 68.8 Å². The Morgan fingerprint density at radius 2 is 2.11 bits per heavy atom. The van der Waals surface area contributed by atoms with Gasteiger partial charge in [-0.1, -0.05) is 38.5 Å². The number of amides is 1. The lowest BCUT2D eigenvalue weighted by atomic mass is 10.0. The number of allylic oxidation sites excluding steroid dienone is 3. The van der Waals surface area contributed by atoms with Gasteiger partial charge in [-0.15, -0.1) is 0 Å². The van der Waals surface area contributed by atoms with Gasteiger partial charge < -0.3 is 14.3 Å². The number of aromatic nitrogens is 1. The van der Waals surface area contributed by atoms with Crippen molar-refractivity contribution in [3.05, 3.63) is 76.2 Å². The molecular formula is C27H31FN4O3. The predicted molar refractivity (Wildman–Crippen MR) is 135 cm³/mol. The molecule has 2 aromatic rings. The van der Waals surface area contributed by atoms with Crippen LogP contribution in [-0.4, -0.2) is 46.2 Å². The Bertz CT molecular complexity index is 1280. The molecule has 184 valence electrons. The number of halogens is 1. The molecule has 1 saturated heterocycles. The molecule has 35 heavy (non-hydrogen) atoms. The molecule has 1 fully saturated rings. The highest BCUT2D eigenvalue weighted by Gasteiger charge is 2.28. The molecule has 0 bridgehead atoms. The van der Waals surface area contributed by atoms with Crippen LogP contribution >= 0.6 is 0 Å². The summed E-state index contributed by atoms with van der Waals surface area (Å²) in [6.45, 7) is 8.89. The zero-order valence-corrected chi connectivity index (χ0v) is 20.4. The van der Waals surface area contributed by atoms with Crippen molar-refractivity contribution in [3.63, 3.8) is 0 Å². The van der Waals surface area contributed by atoms with Gasteiger partial charge in [0.15, 0.2) is 5.76 Å². The maximum absolute atomic E-state index is 15.0. The fourth-order valence-electron chi connectivity index (χ4n) is 4.52. The van der Waals surface area contributed by atoms with Crippen LogP contribution in [0.2, 0.25) is 0 Å². The van der Waals surface area contributed by atoms with Crippen molar-refractivity contribution in [1.29, 1.82) is 0 Å². The van der Waals surface area contributed by atoms with E-state index in [0.717, 1.165) is 37.9 Å². The summed E-state index contributed by atoms with van der Waals surface area (Å²) in [4.78, 5) is 33.2. The van der Waals surface area contributed by atoms with Gasteiger partial charge in [-0.25, -0.2) is 9.38 Å². The van der Waals surface area contributed by atoms with E-state index in [9.17, 15) is 14.0 Å². The first kappa shape index (κ1) is 24.4. The van der Waals surface area contributed by atoms with Crippen LogP contribution in [0.5, 0.6) is 0 Å². The number of likely N-dealkylation sites (tertiary alicyclic amines) is 1. The molecule has 2 aliphatic heterocycles. The number of nitrogens with one attached hydrogen (secondary N) is 1. The molecule has 4 rings (SSSR count). The van der Waals surface area contributed by atoms with Gasteiger partial charge in [-0.05, 0) is 50.0 Å². The van der Waals surface area contributed by atoms with Crippen LogP contribution in [0.25, 0.3) is 16.9 Å². The molecule has 2 aliphatic rings. The zero-order valence-electron chi connectivity index (χ0n) is 20.4. The van der Waals surface area contributed by atoms with Gasteiger partial charge >= 0.3 is 0 Å². The second-order valence-corrected chi connectivity index (χ2v) is 9.04. The Kier molecular flexibility index (Phi) is 7.19. The van der Waals surface area contributed by atoms with Gasteiger partial charge in [0.2, 0.25) is 0 Å². The molecule has 0 spiro atoms. The predicted octanol–water partition coefficient (Wildman–Crippen LogP) is 5.10. The van der Waals surface area contributed by atoms with Crippen molar-refractivity contribution in [1.82, 2.24) is 15.0 Å². The molecule has 1 aromatic carbocycles. The van der Waals surface area contributed by atoms with Gasteiger partial charge in [0.25, 0.3) is 11.5 Å². The van der Waals surface area contributed by atoms with Crippen molar-refractivity contribution in [2.75, 3.05) is 13.6 Å². The monoisotopic (exact) mass is 478 g/mol. The number of aromatic amines is 1. The van der Waals surface area contributed by atoms with Gasteiger partial charge in [0.05, 0.1) is 6.07 Å². The second-order valence-electron chi connectivity index (χ2n) is 9.04. The Morgan fingerprint density at radius 3 is 2.80 bits per heavy atom. The fourth-order valence-corrected chi connectivity index (χ4v) is 4.52. The summed E-state index contributed by atoms with van der Waals surface area (Å²) in [5, 5.41) is 2.20. The number of H-pyrrole nitrogens is 1. The molecule has 3 heterocycles. The minimum atomic E-state index is -0.503. The summed E-state index contributed by atoms with van der Waals surface area (Å²) in [6, 6.07) is 5.98. The number of aliphatic imine (C=N–C) groups is 1. The summed E-state index contributed by atoms with van der Waals surface area (Å²) in [5.74, 6) is 0.208. The molecule has 1 unspecified atom stereocenters. The molecule has 0 aliphatic carbocycles. The molecule has 8 heteroatoms. The minimum Gasteiger partial charge on any atom is -0.378 e. The molecule has 1 amide bonds. The topological polar surface area (TPSA) is 81.9 Å². The second kappa shape index (κ2) is 10.3. The van der Waals surface area contributed by atoms with Gasteiger partial charge in [-0.2, -0.15) is 5.16 Å². The molecule has 0 radical (unpaired) electrons. The number of hydrogen-bond acceptors (Lipinski definition) is 5. The Morgan fingerprint density at radius 1 is 1.31 bits per heavy atom. The lowest BCUT2D eigenvalue weighted by molar-refractivity contribution is -0.125. The van der Waals surface area contributed by atoms with Crippen LogP contribution in [0.1, 0.15) is 51.5 Å². The van der Waals surface area contributed by atoms with E-state index in [1.165, 1.54) is 12.1 Å². The van der Waals surface area contributed by atoms with E-state index >= 15 is 0 Å². The van der Waals surface area contributed by atoms with Gasteiger partial charge in [0, 0.05) is 36.5 Å². The lowest BCUT2D eigenvalue weighted by Gasteiger charge is -2.31. The van der Waals surface area contributed by atoms with E-state index in [1.807, 2.05) is 29.8 Å². The average Bonchev–Trinajstić information content (AvgIpc) is 3.16. The normalized spacial score (nSPS) is 19.9. The quantitative estimate of drug-likeness (QED) is 0.648. The van der Waals surface area contributed by atoms with Crippen LogP contribution in [-0.2, 0) is 4.79 Å². The highest BCUT2D eigenvalue weighted by Crippen LogP contribution is 2.28. The summed E-state index contributed by atoms with van der Waals surface area (Å²) in [5.41, 5.74) is 2.10. The van der Waals surface area contributed by atoms with Crippen molar-refractivity contribution >= 4 is 17.2 Å². The van der Waals surface area contributed by atoms with E-state index in [-0.39, 0.29) is 17.7 Å². The van der Waals surface area contributed by atoms with Crippen molar-refractivity contribution in [3.8, 4) is 11.3 Å². The van der Waals surface area contributed by atoms with E-state index < -0.39 is 11.4 Å². The maximum atomic E-state index is 15.0. The van der Waals surface area contributed by atoms with Crippen molar-refractivity contribution in [2.45, 2.75) is 52.0 Å². The first-order valence-corrected chi connectivity index (χ1v) is 12.0. The molecular weight excluding hydrogens is 447 g/mol. The van der Waals surface area contributed by atoms with Gasteiger partial charge in [-0.3, -0.25) is 9.59 Å². The molecule has 7 nitrogen and oxygen atoms in total. The largest absolute Gasteiger partial charge is 0.378 e. The highest BCUT2D eigenvalue weighted by atomic mass is 19.1. The summed E-state index contributed by atoms with van der Waals surface area (Å²) in [7, 11) is 1.88. The Hall–Kier alpha value is -3.68. The molecule has 1 atom stereocenters. The SMILES string of the molecule is C=C(/C=C1/N=C(C(=O)N2CCCCCC2C)C=C(CC)N1C)c1ccc(-c2cc(=O)[nH]o2)cc1F. The Labute approximate surface area is 204 Å². The third-order valence-corrected chi connectivity index (χ3v) is 6.63. The zero-order chi connectivity index (χ0) is 25.1. The standard InChI is InChI=1S/C27H31FN4O3/c1-5-20-15-23(27(34)32-12-8-6-7-9-18(32)3)29-25(31(20)4)13-17(2)21-11-10-19(14-22(21)28)24-16-26(33)30-35-24/h10-11,13-16,18H,2,5-9,12H2,1,3-4H3,(H,30,33)/b25-13-. The lowest BCUT2D eigenvalue weighted by Crippen LogP contribution is -2.43. The highest BCUT2D eigenvalue weighted by molar-refractivity contribution is 6.43. The number of carbonyl (C=O) groups excluding carboxylic acids is 1. The van der Waals surface area contributed by atoms with Gasteiger partial charge in [0.1, 0.15) is 17.3 Å². The fraction of sp³-hybridized carbons (Fsp3) is 0.370. The average molecular weight is 479 g/mol. The molecule has 0 saturated carbocycles. The van der Waals surface area contributed by atoms with Crippen LogP contribution in [0.3, 0.4) is 0 Å². The minimum absolute atomic E-state index is 0.0708. The van der Waals surface area contributed by atoms with Crippen LogP contribution in [0, 0.1) is 5.82 Å². The number of carbonyl (C=O) groups is 1. The summed E-state index contributed by atoms with van der Waals surface area (Å²) in [6.07, 6.45) is 8.49. The van der Waals surface area contributed by atoms with E-state index in [4.69, 9.17) is 4.52 Å². The third-order valence-electron chi connectivity index (χ3n) is 6.63. The van der Waals surface area contributed by atoms with Crippen molar-refractivity contribution in [2.24, 2.45) is 4.99 Å². The first-order valence-electron chi connectivity index (χ1n) is 12.0. The number of benzene rings is 1. The first-order chi connectivity index (χ1) is 16.8. The van der Waals surface area contributed by atoms with Crippen LogP contribution in [0.4, 0.5) is 4.39 Å². The summed E-state index contributed by atoms with van der Waals surface area (Å²) >= 11 is 0. The number of rotatable bonds is 5. The summed E-state index contributed by atoms with van der Waals surface area (Å²) < 4.78 is 20.0. The van der Waals surface area contributed by atoms with Crippen LogP contribution < -0.4 is 5.56 Å². The third kappa shape index (κ3) is 5.21. The molecule has 1 N–H and O–H groups in total. The van der Waals surface area contributed by atoms with E-state index in [1.54, 1.807) is 18.2 Å². The Balaban J connectivity index is 1.63. The van der Waals surface area contributed by atoms with E-state index in [2.05, 4.69) is 23.7 Å². The van der Waals surface area contributed by atoms with Crippen molar-refractivity contribution < 1.29 is 13.7 Å². The number of hydrogen-bond donors (Lipinski definition) is 1. The van der Waals surface area contributed by atoms with E-state index in [0.29, 0.717) is 34.7 Å². The maximum Gasteiger partial charge on any atom is 0.280 e. The molecule has 1 aromatic heterocycles.